The van der Waals surface area contributed by atoms with Gasteiger partial charge in [0.25, 0.3) is 0 Å². The summed E-state index contributed by atoms with van der Waals surface area (Å²) >= 11 is 0. The van der Waals surface area contributed by atoms with Gasteiger partial charge in [0, 0.05) is 5.46 Å². The molecular formula is C14H12BNO3. The molecule has 5 heteroatoms. The topological polar surface area (TPSA) is 73.5 Å². The number of benzene rings is 2. The van der Waals surface area contributed by atoms with Crippen LogP contribution in [0.3, 0.4) is 0 Å². The fourth-order valence-corrected chi connectivity index (χ4v) is 1.74. The summed E-state index contributed by atoms with van der Waals surface area (Å²) in [5, 5.41) is 27.5. The van der Waals surface area contributed by atoms with E-state index in [4.69, 9.17) is 10.00 Å². The third-order valence-corrected chi connectivity index (χ3v) is 2.69. The van der Waals surface area contributed by atoms with Gasteiger partial charge in [0.05, 0.1) is 5.56 Å². The van der Waals surface area contributed by atoms with Crippen molar-refractivity contribution < 1.29 is 14.8 Å². The van der Waals surface area contributed by atoms with Crippen molar-refractivity contribution in [1.29, 1.82) is 5.26 Å². The molecule has 2 rings (SSSR count). The molecule has 2 N–H and O–H groups in total. The number of ether oxygens (including phenoxy) is 1. The van der Waals surface area contributed by atoms with E-state index < -0.39 is 7.12 Å². The largest absolute Gasteiger partial charge is 0.489 e. The highest BCUT2D eigenvalue weighted by Gasteiger charge is 2.19. The van der Waals surface area contributed by atoms with Gasteiger partial charge in [0.15, 0.2) is 0 Å². The quantitative estimate of drug-likeness (QED) is 0.791. The second-order valence-electron chi connectivity index (χ2n) is 3.98. The van der Waals surface area contributed by atoms with Gasteiger partial charge in [-0.3, -0.25) is 0 Å². The predicted molar refractivity (Wildman–Crippen MR) is 71.8 cm³/mol. The van der Waals surface area contributed by atoms with Crippen molar-refractivity contribution in [3.8, 4) is 11.8 Å². The SMILES string of the molecule is N#Cc1c(OCc2ccccc2)cccc1B(O)O. The Labute approximate surface area is 111 Å². The summed E-state index contributed by atoms with van der Waals surface area (Å²) in [6, 6.07) is 16.2. The van der Waals surface area contributed by atoms with Crippen LogP contribution in [0.15, 0.2) is 48.5 Å². The maximum absolute atomic E-state index is 9.19. The summed E-state index contributed by atoms with van der Waals surface area (Å²) in [7, 11) is -1.69. The van der Waals surface area contributed by atoms with E-state index in [1.54, 1.807) is 12.1 Å². The third-order valence-electron chi connectivity index (χ3n) is 2.69. The zero-order valence-corrected chi connectivity index (χ0v) is 10.2. The Bertz CT molecular complexity index is 593. The molecule has 2 aromatic rings. The molecule has 0 unspecified atom stereocenters. The first-order valence-corrected chi connectivity index (χ1v) is 5.78. The zero-order chi connectivity index (χ0) is 13.7. The van der Waals surface area contributed by atoms with Crippen molar-refractivity contribution in [2.75, 3.05) is 0 Å². The molecule has 0 radical (unpaired) electrons. The van der Waals surface area contributed by atoms with Crippen molar-refractivity contribution in [1.82, 2.24) is 0 Å². The highest BCUT2D eigenvalue weighted by molar-refractivity contribution is 6.59. The first-order chi connectivity index (χ1) is 9.22. The van der Waals surface area contributed by atoms with Gasteiger partial charge in [-0.2, -0.15) is 5.26 Å². The summed E-state index contributed by atoms with van der Waals surface area (Å²) in [5.74, 6) is 0.344. The number of nitriles is 1. The van der Waals surface area contributed by atoms with Crippen molar-refractivity contribution >= 4 is 12.6 Å². The average Bonchev–Trinajstić information content (AvgIpc) is 2.45. The lowest BCUT2D eigenvalue weighted by molar-refractivity contribution is 0.305. The molecule has 0 aliphatic rings. The third kappa shape index (κ3) is 3.13. The van der Waals surface area contributed by atoms with Gasteiger partial charge >= 0.3 is 7.12 Å². The molecule has 0 heterocycles. The van der Waals surface area contributed by atoms with Crippen LogP contribution in [0.4, 0.5) is 0 Å². The minimum Gasteiger partial charge on any atom is -0.488 e. The van der Waals surface area contributed by atoms with E-state index in [9.17, 15) is 10.0 Å². The summed E-state index contributed by atoms with van der Waals surface area (Å²) in [5.41, 5.74) is 1.27. The molecule has 0 aliphatic heterocycles. The standard InChI is InChI=1S/C14H12BNO3/c16-9-12-13(15(17)18)7-4-8-14(12)19-10-11-5-2-1-3-6-11/h1-8,17-18H,10H2. The molecule has 0 spiro atoms. The molecule has 0 aliphatic carbocycles. The summed E-state index contributed by atoms with van der Waals surface area (Å²) < 4.78 is 5.56. The van der Waals surface area contributed by atoms with Crippen molar-refractivity contribution in [3.05, 3.63) is 59.7 Å². The van der Waals surface area contributed by atoms with Crippen molar-refractivity contribution in [3.63, 3.8) is 0 Å². The fourth-order valence-electron chi connectivity index (χ4n) is 1.74. The first kappa shape index (κ1) is 13.2. The Morgan fingerprint density at radius 1 is 1.05 bits per heavy atom. The lowest BCUT2D eigenvalue weighted by Gasteiger charge is -2.10. The van der Waals surface area contributed by atoms with Gasteiger partial charge in [-0.1, -0.05) is 42.5 Å². The van der Waals surface area contributed by atoms with Crippen LogP contribution in [0, 0.1) is 11.3 Å². The van der Waals surface area contributed by atoms with E-state index in [1.165, 1.54) is 6.07 Å². The van der Waals surface area contributed by atoms with Crippen LogP contribution in [0.2, 0.25) is 0 Å². The summed E-state index contributed by atoms with van der Waals surface area (Å²) in [6.07, 6.45) is 0. The molecule has 0 bridgehead atoms. The van der Waals surface area contributed by atoms with Gasteiger partial charge in [-0.05, 0) is 11.6 Å². The van der Waals surface area contributed by atoms with Crippen LogP contribution in [0.5, 0.6) is 5.75 Å². The van der Waals surface area contributed by atoms with Gasteiger partial charge in [-0.15, -0.1) is 0 Å². The second-order valence-corrected chi connectivity index (χ2v) is 3.98. The molecule has 0 atom stereocenters. The monoisotopic (exact) mass is 253 g/mol. The number of hydrogen-bond acceptors (Lipinski definition) is 4. The molecule has 4 nitrogen and oxygen atoms in total. The molecule has 0 saturated carbocycles. The Kier molecular flexibility index (Phi) is 4.19. The minimum absolute atomic E-state index is 0.146. The number of nitrogens with zero attached hydrogens (tertiary/aromatic N) is 1. The lowest BCUT2D eigenvalue weighted by Crippen LogP contribution is -2.32. The second kappa shape index (κ2) is 6.05. The van der Waals surface area contributed by atoms with Crippen LogP contribution >= 0.6 is 0 Å². The molecule has 19 heavy (non-hydrogen) atoms. The maximum atomic E-state index is 9.19. The van der Waals surface area contributed by atoms with E-state index >= 15 is 0 Å². The lowest BCUT2D eigenvalue weighted by atomic mass is 9.77. The van der Waals surface area contributed by atoms with Crippen LogP contribution < -0.4 is 10.2 Å². The summed E-state index contributed by atoms with van der Waals surface area (Å²) in [6.45, 7) is 0.320. The van der Waals surface area contributed by atoms with Gasteiger partial charge in [0.1, 0.15) is 18.4 Å². The van der Waals surface area contributed by atoms with Gasteiger partial charge in [0.2, 0.25) is 0 Å². The van der Waals surface area contributed by atoms with E-state index in [1.807, 2.05) is 36.4 Å². The van der Waals surface area contributed by atoms with Crippen molar-refractivity contribution in [2.24, 2.45) is 0 Å². The number of hydrogen-bond donors (Lipinski definition) is 2. The molecule has 0 amide bonds. The molecule has 0 fully saturated rings. The maximum Gasteiger partial charge on any atom is 0.489 e. The van der Waals surface area contributed by atoms with Crippen LogP contribution in [-0.2, 0) is 6.61 Å². The van der Waals surface area contributed by atoms with Crippen LogP contribution in [0.1, 0.15) is 11.1 Å². The van der Waals surface area contributed by atoms with E-state index in [0.29, 0.717) is 12.4 Å². The highest BCUT2D eigenvalue weighted by Crippen LogP contribution is 2.17. The van der Waals surface area contributed by atoms with Crippen LogP contribution in [-0.4, -0.2) is 17.2 Å². The van der Waals surface area contributed by atoms with Gasteiger partial charge in [-0.25, -0.2) is 0 Å². The normalized spacial score (nSPS) is 9.74. The number of rotatable bonds is 4. The summed E-state index contributed by atoms with van der Waals surface area (Å²) in [4.78, 5) is 0. The minimum atomic E-state index is -1.69. The molecule has 2 aromatic carbocycles. The average molecular weight is 253 g/mol. The Morgan fingerprint density at radius 3 is 2.42 bits per heavy atom. The smallest absolute Gasteiger partial charge is 0.488 e. The highest BCUT2D eigenvalue weighted by atomic mass is 16.5. The Morgan fingerprint density at radius 2 is 1.79 bits per heavy atom. The molecule has 0 saturated heterocycles. The predicted octanol–water partition coefficient (Wildman–Crippen LogP) is 0.817. The van der Waals surface area contributed by atoms with E-state index in [-0.39, 0.29) is 11.0 Å². The first-order valence-electron chi connectivity index (χ1n) is 5.78. The Hall–Kier alpha value is -2.29. The van der Waals surface area contributed by atoms with Gasteiger partial charge < -0.3 is 14.8 Å². The van der Waals surface area contributed by atoms with E-state index in [0.717, 1.165) is 5.56 Å². The Balaban J connectivity index is 2.21. The van der Waals surface area contributed by atoms with Crippen molar-refractivity contribution in [2.45, 2.75) is 6.61 Å². The zero-order valence-electron chi connectivity index (χ0n) is 10.2. The molecular weight excluding hydrogens is 241 g/mol. The van der Waals surface area contributed by atoms with E-state index in [2.05, 4.69) is 0 Å². The molecule has 0 aromatic heterocycles. The van der Waals surface area contributed by atoms with Crippen LogP contribution in [0.25, 0.3) is 0 Å². The molecule has 94 valence electrons. The fraction of sp³-hybridized carbons (Fsp3) is 0.0714.